The maximum atomic E-state index is 12.9. The highest BCUT2D eigenvalue weighted by atomic mass is 16.6. The van der Waals surface area contributed by atoms with Crippen molar-refractivity contribution in [3.8, 4) is 0 Å². The molecule has 0 radical (unpaired) electrons. The first kappa shape index (κ1) is 69.6. The average Bonchev–Trinajstić information content (AvgIpc) is 3.39. The molecular weight excluding hydrogens is 901 g/mol. The van der Waals surface area contributed by atoms with Crippen LogP contribution in [0.15, 0.2) is 85.1 Å². The molecule has 6 heteroatoms. The number of hydrogen-bond acceptors (Lipinski definition) is 6. The third-order valence-electron chi connectivity index (χ3n) is 13.4. The molecule has 0 fully saturated rings. The van der Waals surface area contributed by atoms with Gasteiger partial charge in [0.1, 0.15) is 13.2 Å². The fourth-order valence-electron chi connectivity index (χ4n) is 8.70. The first-order valence-corrected chi connectivity index (χ1v) is 31.1. The number of hydrogen-bond donors (Lipinski definition) is 0. The predicted molar refractivity (Wildman–Crippen MR) is 316 cm³/mol. The van der Waals surface area contributed by atoms with Crippen LogP contribution >= 0.6 is 0 Å². The fraction of sp³-hybridized carbons (Fsp3) is 0.746. The van der Waals surface area contributed by atoms with Crippen molar-refractivity contribution < 1.29 is 28.6 Å². The molecule has 0 spiro atoms. The molecule has 0 aliphatic carbocycles. The van der Waals surface area contributed by atoms with E-state index >= 15 is 0 Å². The Bertz CT molecular complexity index is 1400. The van der Waals surface area contributed by atoms with Crippen molar-refractivity contribution in [2.24, 2.45) is 0 Å². The van der Waals surface area contributed by atoms with Crippen molar-refractivity contribution in [1.29, 1.82) is 0 Å². The van der Waals surface area contributed by atoms with Gasteiger partial charge in [0.25, 0.3) is 0 Å². The van der Waals surface area contributed by atoms with Crippen LogP contribution in [-0.2, 0) is 28.6 Å². The van der Waals surface area contributed by atoms with E-state index in [1.807, 2.05) is 0 Å². The van der Waals surface area contributed by atoms with Crippen LogP contribution in [0.1, 0.15) is 303 Å². The summed E-state index contributed by atoms with van der Waals surface area (Å²) in [5.74, 6) is -0.960. The highest BCUT2D eigenvalue weighted by Crippen LogP contribution is 2.16. The summed E-state index contributed by atoms with van der Waals surface area (Å²) in [7, 11) is 0. The monoisotopic (exact) mass is 1020 g/mol. The second kappa shape index (κ2) is 61.1. The first-order chi connectivity index (χ1) is 36.0. The zero-order valence-corrected chi connectivity index (χ0v) is 48.1. The Kier molecular flexibility index (Phi) is 58.3. The summed E-state index contributed by atoms with van der Waals surface area (Å²) < 4.78 is 16.9. The lowest BCUT2D eigenvalue weighted by molar-refractivity contribution is -0.167. The maximum absolute atomic E-state index is 12.9. The minimum absolute atomic E-state index is 0.101. The SMILES string of the molecule is CC/C=C\C/C=C\C/C=C\C/C=C\C/C=C\CCCC(=O)OC(COC(=O)CCCCCCC/C=C\CCCCCCCC)COC(=O)CCCCCCCCCCCCC/C=C\CCCCCCCCCC. The van der Waals surface area contributed by atoms with E-state index in [2.05, 4.69) is 106 Å². The molecule has 420 valence electrons. The Labute approximate surface area is 452 Å². The van der Waals surface area contributed by atoms with Gasteiger partial charge in [0.05, 0.1) is 0 Å². The lowest BCUT2D eigenvalue weighted by Gasteiger charge is -2.18. The third-order valence-corrected chi connectivity index (χ3v) is 13.4. The van der Waals surface area contributed by atoms with Crippen molar-refractivity contribution in [2.45, 2.75) is 309 Å². The normalized spacial score (nSPS) is 12.6. The highest BCUT2D eigenvalue weighted by Gasteiger charge is 2.19. The van der Waals surface area contributed by atoms with Gasteiger partial charge in [-0.1, -0.05) is 260 Å². The van der Waals surface area contributed by atoms with Gasteiger partial charge in [0.2, 0.25) is 0 Å². The Balaban J connectivity index is 4.40. The first-order valence-electron chi connectivity index (χ1n) is 31.1. The van der Waals surface area contributed by atoms with Crippen LogP contribution in [-0.4, -0.2) is 37.2 Å². The van der Waals surface area contributed by atoms with Crippen LogP contribution in [0.5, 0.6) is 0 Å². The van der Waals surface area contributed by atoms with Crippen LogP contribution in [0.4, 0.5) is 0 Å². The van der Waals surface area contributed by atoms with Gasteiger partial charge in [0.15, 0.2) is 6.10 Å². The van der Waals surface area contributed by atoms with E-state index in [1.54, 1.807) is 0 Å². The fourth-order valence-corrected chi connectivity index (χ4v) is 8.70. The topological polar surface area (TPSA) is 78.9 Å². The molecule has 0 N–H and O–H groups in total. The summed E-state index contributed by atoms with van der Waals surface area (Å²) >= 11 is 0. The van der Waals surface area contributed by atoms with Crippen molar-refractivity contribution in [3.63, 3.8) is 0 Å². The molecule has 0 aromatic carbocycles. The largest absolute Gasteiger partial charge is 0.462 e. The van der Waals surface area contributed by atoms with E-state index < -0.39 is 6.10 Å². The van der Waals surface area contributed by atoms with E-state index in [0.717, 1.165) is 83.5 Å². The number of carbonyl (C=O) groups excluding carboxylic acids is 3. The molecule has 0 amide bonds. The van der Waals surface area contributed by atoms with Crippen LogP contribution in [0.25, 0.3) is 0 Å². The van der Waals surface area contributed by atoms with Gasteiger partial charge >= 0.3 is 17.9 Å². The van der Waals surface area contributed by atoms with Crippen molar-refractivity contribution in [2.75, 3.05) is 13.2 Å². The maximum Gasteiger partial charge on any atom is 0.306 e. The molecular formula is C67H116O6. The van der Waals surface area contributed by atoms with E-state index in [9.17, 15) is 14.4 Å². The highest BCUT2D eigenvalue weighted by molar-refractivity contribution is 5.71. The van der Waals surface area contributed by atoms with Gasteiger partial charge in [-0.15, -0.1) is 0 Å². The van der Waals surface area contributed by atoms with Gasteiger partial charge < -0.3 is 14.2 Å². The number of rotatable bonds is 56. The zero-order valence-electron chi connectivity index (χ0n) is 48.1. The molecule has 0 heterocycles. The van der Waals surface area contributed by atoms with Gasteiger partial charge in [-0.2, -0.15) is 0 Å². The molecule has 73 heavy (non-hydrogen) atoms. The number of esters is 3. The Morgan fingerprint density at radius 1 is 0.288 bits per heavy atom. The lowest BCUT2D eigenvalue weighted by atomic mass is 10.0. The Morgan fingerprint density at radius 3 is 0.890 bits per heavy atom. The molecule has 0 aliphatic heterocycles. The van der Waals surface area contributed by atoms with Gasteiger partial charge in [-0.3, -0.25) is 14.4 Å². The number of ether oxygens (including phenoxy) is 3. The summed E-state index contributed by atoms with van der Waals surface area (Å²) in [4.78, 5) is 38.2. The minimum Gasteiger partial charge on any atom is -0.462 e. The number of allylic oxidation sites excluding steroid dienone is 14. The van der Waals surface area contributed by atoms with Gasteiger partial charge in [-0.25, -0.2) is 0 Å². The van der Waals surface area contributed by atoms with E-state index in [4.69, 9.17) is 14.2 Å². The van der Waals surface area contributed by atoms with Crippen LogP contribution in [0.2, 0.25) is 0 Å². The molecule has 0 rings (SSSR count). The smallest absolute Gasteiger partial charge is 0.306 e. The standard InChI is InChI=1S/C67H116O6/c1-4-7-10-13-16-19-22-25-28-30-31-32-33-34-35-37-39-42-45-48-51-54-57-60-66(69)72-63-64(62-71-65(68)59-56-53-50-47-44-41-38-27-24-21-18-15-12-9-6-3)73-67(70)61-58-55-52-49-46-43-40-36-29-26-23-20-17-14-11-8-5-2/h8,11,17,20,26-27,29-31,38,40,43,49,52,64H,4-7,9-10,12-16,18-19,21-25,28,32-37,39,41-42,44-48,50-51,53-63H2,1-3H3/b11-8-,20-17-,29-26-,31-30-,38-27-,43-40-,52-49-. The van der Waals surface area contributed by atoms with Crippen molar-refractivity contribution in [3.05, 3.63) is 85.1 Å². The number of carbonyl (C=O) groups is 3. The Morgan fingerprint density at radius 2 is 0.548 bits per heavy atom. The zero-order chi connectivity index (χ0) is 52.9. The third kappa shape index (κ3) is 59.3. The average molecular weight is 1020 g/mol. The van der Waals surface area contributed by atoms with E-state index in [-0.39, 0.29) is 37.5 Å². The summed E-state index contributed by atoms with van der Waals surface area (Å²) in [5.41, 5.74) is 0. The molecule has 6 nitrogen and oxygen atoms in total. The second-order valence-corrected chi connectivity index (χ2v) is 20.6. The van der Waals surface area contributed by atoms with Crippen molar-refractivity contribution in [1.82, 2.24) is 0 Å². The molecule has 0 bridgehead atoms. The molecule has 0 aromatic rings. The molecule has 1 unspecified atom stereocenters. The van der Waals surface area contributed by atoms with Crippen LogP contribution in [0.3, 0.4) is 0 Å². The summed E-state index contributed by atoms with van der Waals surface area (Å²) in [6.07, 6.45) is 80.2. The molecule has 0 saturated heterocycles. The molecule has 1 atom stereocenters. The lowest BCUT2D eigenvalue weighted by Crippen LogP contribution is -2.30. The van der Waals surface area contributed by atoms with Gasteiger partial charge in [0, 0.05) is 19.3 Å². The van der Waals surface area contributed by atoms with Gasteiger partial charge in [-0.05, 0) is 109 Å². The summed E-state index contributed by atoms with van der Waals surface area (Å²) in [5, 5.41) is 0. The summed E-state index contributed by atoms with van der Waals surface area (Å²) in [6, 6.07) is 0. The molecule has 0 saturated carbocycles. The second-order valence-electron chi connectivity index (χ2n) is 20.6. The number of unbranched alkanes of at least 4 members (excludes halogenated alkanes) is 31. The van der Waals surface area contributed by atoms with E-state index in [1.165, 1.54) is 173 Å². The van der Waals surface area contributed by atoms with E-state index in [0.29, 0.717) is 19.3 Å². The molecule has 0 aromatic heterocycles. The minimum atomic E-state index is -0.811. The predicted octanol–water partition coefficient (Wildman–Crippen LogP) is 21.1. The quantitative estimate of drug-likeness (QED) is 0.0261. The van der Waals surface area contributed by atoms with Crippen LogP contribution in [0, 0.1) is 0 Å². The Hall–Kier alpha value is -3.41. The van der Waals surface area contributed by atoms with Crippen LogP contribution < -0.4 is 0 Å². The van der Waals surface area contributed by atoms with Crippen molar-refractivity contribution >= 4 is 17.9 Å². The summed E-state index contributed by atoms with van der Waals surface area (Å²) in [6.45, 7) is 6.49. The molecule has 0 aliphatic rings.